The topological polar surface area (TPSA) is 78.4 Å². The van der Waals surface area contributed by atoms with Crippen LogP contribution in [0.2, 0.25) is 5.02 Å². The lowest BCUT2D eigenvalue weighted by atomic mass is 10.1. The average Bonchev–Trinajstić information content (AvgIpc) is 2.26. The van der Waals surface area contributed by atoms with Gasteiger partial charge in [-0.2, -0.15) is 0 Å². The van der Waals surface area contributed by atoms with Gasteiger partial charge in [0.1, 0.15) is 0 Å². The first-order valence-corrected chi connectivity index (χ1v) is 6.72. The molecule has 0 aliphatic carbocycles. The van der Waals surface area contributed by atoms with Gasteiger partial charge in [-0.3, -0.25) is 4.79 Å². The molecule has 1 rings (SSSR count). The van der Waals surface area contributed by atoms with E-state index in [-0.39, 0.29) is 27.5 Å². The molecule has 3 N–H and O–H groups in total. The molecule has 0 spiro atoms. The molecule has 0 atom stereocenters. The molecular formula is C13H15ClN2O3S. The summed E-state index contributed by atoms with van der Waals surface area (Å²) >= 11 is 10.8. The van der Waals surface area contributed by atoms with Gasteiger partial charge in [-0.15, -0.1) is 0 Å². The number of thiocarbonyl (C=S) groups is 1. The number of carboxylic acid groups (broad SMARTS) is 1. The molecule has 0 aliphatic heterocycles. The average molecular weight is 315 g/mol. The van der Waals surface area contributed by atoms with Crippen molar-refractivity contribution in [1.82, 2.24) is 5.32 Å². The minimum Gasteiger partial charge on any atom is -0.478 e. The molecular weight excluding hydrogens is 300 g/mol. The Morgan fingerprint density at radius 3 is 2.55 bits per heavy atom. The molecule has 0 aliphatic rings. The molecule has 0 unspecified atom stereocenters. The summed E-state index contributed by atoms with van der Waals surface area (Å²) in [6.07, 6.45) is 0.376. The molecule has 1 aromatic carbocycles. The Kier molecular flexibility index (Phi) is 5.91. The molecule has 0 heterocycles. The first kappa shape index (κ1) is 16.4. The summed E-state index contributed by atoms with van der Waals surface area (Å²) in [5.41, 5.74) is 0.516. The molecule has 0 saturated carbocycles. The van der Waals surface area contributed by atoms with Crippen LogP contribution in [0.3, 0.4) is 0 Å². The van der Waals surface area contributed by atoms with Crippen molar-refractivity contribution in [2.75, 3.05) is 5.32 Å². The van der Waals surface area contributed by atoms with Crippen molar-refractivity contribution in [1.29, 1.82) is 0 Å². The van der Waals surface area contributed by atoms with Gasteiger partial charge in [0.05, 0.1) is 10.6 Å². The van der Waals surface area contributed by atoms with Crippen LogP contribution in [0.25, 0.3) is 0 Å². The lowest BCUT2D eigenvalue weighted by Crippen LogP contribution is -2.34. The van der Waals surface area contributed by atoms with Crippen LogP contribution < -0.4 is 10.6 Å². The second kappa shape index (κ2) is 7.21. The van der Waals surface area contributed by atoms with Crippen LogP contribution in [0.15, 0.2) is 18.2 Å². The quantitative estimate of drug-likeness (QED) is 0.745. The summed E-state index contributed by atoms with van der Waals surface area (Å²) in [6, 6.07) is 4.33. The Labute approximate surface area is 127 Å². The van der Waals surface area contributed by atoms with Gasteiger partial charge in [0.25, 0.3) is 0 Å². The van der Waals surface area contributed by atoms with Crippen molar-refractivity contribution >= 4 is 46.5 Å². The number of hydrogen-bond donors (Lipinski definition) is 3. The predicted octanol–water partition coefficient (Wildman–Crippen LogP) is 2.90. The number of carbonyl (C=O) groups excluding carboxylic acids is 1. The highest BCUT2D eigenvalue weighted by Crippen LogP contribution is 2.20. The lowest BCUT2D eigenvalue weighted by molar-refractivity contribution is -0.120. The number of benzene rings is 1. The molecule has 1 aromatic rings. The van der Waals surface area contributed by atoms with Crippen molar-refractivity contribution < 1.29 is 14.7 Å². The zero-order valence-electron chi connectivity index (χ0n) is 11.1. The lowest BCUT2D eigenvalue weighted by Gasteiger charge is -2.11. The van der Waals surface area contributed by atoms with E-state index in [9.17, 15) is 9.59 Å². The van der Waals surface area contributed by atoms with E-state index >= 15 is 0 Å². The molecule has 1 amide bonds. The third-order valence-corrected chi connectivity index (χ3v) is 2.82. The van der Waals surface area contributed by atoms with E-state index in [0.29, 0.717) is 12.1 Å². The Bertz CT molecular complexity index is 546. The fourth-order valence-corrected chi connectivity index (χ4v) is 1.97. The summed E-state index contributed by atoms with van der Waals surface area (Å²) in [7, 11) is 0. The maximum Gasteiger partial charge on any atom is 0.337 e. The van der Waals surface area contributed by atoms with Crippen LogP contribution in [0, 0.1) is 5.92 Å². The molecule has 0 saturated heterocycles. The van der Waals surface area contributed by atoms with E-state index in [1.54, 1.807) is 0 Å². The van der Waals surface area contributed by atoms with Crippen LogP contribution >= 0.6 is 23.8 Å². The third-order valence-electron chi connectivity index (χ3n) is 2.30. The Morgan fingerprint density at radius 1 is 1.40 bits per heavy atom. The molecule has 5 nitrogen and oxygen atoms in total. The zero-order valence-corrected chi connectivity index (χ0v) is 12.6. The van der Waals surface area contributed by atoms with Gasteiger partial charge in [0, 0.05) is 12.1 Å². The molecule has 20 heavy (non-hydrogen) atoms. The minimum absolute atomic E-state index is 0.00646. The Balaban J connectivity index is 2.65. The molecule has 108 valence electrons. The smallest absolute Gasteiger partial charge is 0.337 e. The van der Waals surface area contributed by atoms with Gasteiger partial charge in [0.15, 0.2) is 5.11 Å². The fourth-order valence-electron chi connectivity index (χ4n) is 1.48. The Hall–Kier alpha value is -1.66. The van der Waals surface area contributed by atoms with E-state index in [4.69, 9.17) is 28.9 Å². The van der Waals surface area contributed by atoms with E-state index in [1.807, 2.05) is 13.8 Å². The first-order chi connectivity index (χ1) is 9.29. The third kappa shape index (κ3) is 5.14. The monoisotopic (exact) mass is 314 g/mol. The van der Waals surface area contributed by atoms with Gasteiger partial charge >= 0.3 is 5.97 Å². The predicted molar refractivity (Wildman–Crippen MR) is 82.2 cm³/mol. The second-order valence-electron chi connectivity index (χ2n) is 4.60. The highest BCUT2D eigenvalue weighted by molar-refractivity contribution is 7.80. The molecule has 0 aromatic heterocycles. The van der Waals surface area contributed by atoms with Crippen molar-refractivity contribution in [3.63, 3.8) is 0 Å². The van der Waals surface area contributed by atoms with Crippen LogP contribution in [0.4, 0.5) is 5.69 Å². The number of anilines is 1. The number of amides is 1. The normalized spacial score (nSPS) is 10.2. The largest absolute Gasteiger partial charge is 0.478 e. The van der Waals surface area contributed by atoms with Gasteiger partial charge in [0.2, 0.25) is 5.91 Å². The number of hydrogen-bond acceptors (Lipinski definition) is 3. The van der Waals surface area contributed by atoms with Crippen molar-refractivity contribution in [2.24, 2.45) is 5.92 Å². The minimum atomic E-state index is -1.10. The second-order valence-corrected chi connectivity index (χ2v) is 5.42. The highest BCUT2D eigenvalue weighted by Gasteiger charge is 2.10. The summed E-state index contributed by atoms with van der Waals surface area (Å²) in [5, 5.41) is 14.4. The number of aromatic carboxylic acids is 1. The maximum absolute atomic E-state index is 11.5. The van der Waals surface area contributed by atoms with E-state index in [2.05, 4.69) is 10.6 Å². The summed E-state index contributed by atoms with van der Waals surface area (Å²) in [4.78, 5) is 22.3. The van der Waals surface area contributed by atoms with E-state index in [0.717, 1.165) is 0 Å². The number of halogens is 1. The fraction of sp³-hybridized carbons (Fsp3) is 0.308. The molecule has 0 fully saturated rings. The number of carbonyl (C=O) groups is 2. The van der Waals surface area contributed by atoms with Crippen molar-refractivity contribution in [3.8, 4) is 0 Å². The summed E-state index contributed by atoms with van der Waals surface area (Å²) < 4.78 is 0. The van der Waals surface area contributed by atoms with Crippen LogP contribution in [0.5, 0.6) is 0 Å². The summed E-state index contributed by atoms with van der Waals surface area (Å²) in [5.74, 6) is -1.04. The van der Waals surface area contributed by atoms with Gasteiger partial charge in [-0.1, -0.05) is 25.4 Å². The van der Waals surface area contributed by atoms with Crippen LogP contribution in [0.1, 0.15) is 30.6 Å². The standard InChI is InChI=1S/C13H15ClN2O3S/c1-7(2)5-11(17)16-13(20)15-8-3-4-9(12(18)19)10(14)6-8/h3-4,6-7H,5H2,1-2H3,(H,18,19)(H2,15,16,17,20). The highest BCUT2D eigenvalue weighted by atomic mass is 35.5. The molecule has 0 radical (unpaired) electrons. The zero-order chi connectivity index (χ0) is 15.3. The molecule has 7 heteroatoms. The van der Waals surface area contributed by atoms with Crippen molar-refractivity contribution in [3.05, 3.63) is 28.8 Å². The molecule has 0 bridgehead atoms. The first-order valence-electron chi connectivity index (χ1n) is 5.93. The number of nitrogens with one attached hydrogen (secondary N) is 2. The maximum atomic E-state index is 11.5. The number of rotatable bonds is 4. The van der Waals surface area contributed by atoms with Crippen molar-refractivity contribution in [2.45, 2.75) is 20.3 Å². The van der Waals surface area contributed by atoms with Gasteiger partial charge in [-0.05, 0) is 36.3 Å². The van der Waals surface area contributed by atoms with E-state index in [1.165, 1.54) is 18.2 Å². The Morgan fingerprint density at radius 2 is 2.05 bits per heavy atom. The van der Waals surface area contributed by atoms with Crippen LogP contribution in [-0.2, 0) is 4.79 Å². The van der Waals surface area contributed by atoms with Crippen LogP contribution in [-0.4, -0.2) is 22.1 Å². The van der Waals surface area contributed by atoms with Gasteiger partial charge in [-0.25, -0.2) is 4.79 Å². The van der Waals surface area contributed by atoms with E-state index < -0.39 is 5.97 Å². The van der Waals surface area contributed by atoms with Gasteiger partial charge < -0.3 is 15.7 Å². The summed E-state index contributed by atoms with van der Waals surface area (Å²) in [6.45, 7) is 3.86. The SMILES string of the molecule is CC(C)CC(=O)NC(=S)Nc1ccc(C(=O)O)c(Cl)c1. The number of carboxylic acids is 1.